The van der Waals surface area contributed by atoms with E-state index in [1.807, 2.05) is 13.1 Å². The molecule has 0 spiro atoms. The molecule has 0 aromatic heterocycles. The number of hydrogen-bond acceptors (Lipinski definition) is 3. The highest BCUT2D eigenvalue weighted by molar-refractivity contribution is 7.08. The van der Waals surface area contributed by atoms with E-state index in [4.69, 9.17) is 0 Å². The Balaban J connectivity index is 2.95. The minimum atomic E-state index is -2.11. The first kappa shape index (κ1) is 16.1. The molecule has 0 unspecified atom stereocenters. The zero-order valence-electron chi connectivity index (χ0n) is 12.5. The topological polar surface area (TPSA) is 60.2 Å². The summed E-state index contributed by atoms with van der Waals surface area (Å²) in [7, 11) is -2.11. The van der Waals surface area contributed by atoms with E-state index >= 15 is 0 Å². The molecule has 0 saturated heterocycles. The minimum absolute atomic E-state index is 0.00310. The summed E-state index contributed by atoms with van der Waals surface area (Å²) >= 11 is 0. The smallest absolute Gasteiger partial charge is 0.269 e. The molecule has 0 bridgehead atoms. The molecule has 0 aliphatic heterocycles. The van der Waals surface area contributed by atoms with Crippen LogP contribution in [0.4, 0.5) is 5.69 Å². The van der Waals surface area contributed by atoms with Crippen LogP contribution in [0.5, 0.6) is 0 Å². The number of rotatable bonds is 2. The third-order valence-electron chi connectivity index (χ3n) is 3.84. The van der Waals surface area contributed by atoms with Gasteiger partial charge in [-0.15, -0.1) is 0 Å². The molecule has 1 rings (SSSR count). The maximum atomic E-state index is 12.2. The van der Waals surface area contributed by atoms with Crippen molar-refractivity contribution in [2.24, 2.45) is 0 Å². The Kier molecular flexibility index (Phi) is 4.51. The summed E-state index contributed by atoms with van der Waals surface area (Å²) in [6.07, 6.45) is 0. The molecule has 20 heavy (non-hydrogen) atoms. The molecule has 0 amide bonds. The van der Waals surface area contributed by atoms with Crippen molar-refractivity contribution < 1.29 is 9.72 Å². The van der Waals surface area contributed by atoms with Crippen LogP contribution in [0.15, 0.2) is 24.3 Å². The van der Waals surface area contributed by atoms with E-state index < -0.39 is 13.0 Å². The normalized spacial score (nSPS) is 11.4. The monoisotopic (exact) mass is 289 g/mol. The molecule has 1 aromatic carbocycles. The average molecular weight is 289 g/mol. The Labute approximate surface area is 120 Å². The predicted octanol–water partition coefficient (Wildman–Crippen LogP) is 3.56. The van der Waals surface area contributed by atoms with Crippen LogP contribution >= 0.6 is 0 Å². The maximum Gasteiger partial charge on any atom is 0.269 e. The van der Waals surface area contributed by atoms with E-state index in [-0.39, 0.29) is 16.1 Å². The number of carbonyl (C=O) groups is 1. The van der Waals surface area contributed by atoms with Crippen LogP contribution in [0.25, 0.3) is 0 Å². The van der Waals surface area contributed by atoms with Crippen molar-refractivity contribution in [3.05, 3.63) is 39.9 Å². The van der Waals surface area contributed by atoms with Crippen molar-refractivity contribution in [1.82, 2.24) is 0 Å². The van der Waals surface area contributed by atoms with Gasteiger partial charge in [-0.05, 0) is 23.1 Å². The number of carbonyl (C=O) groups excluding carboxylic acids is 1. The Morgan fingerprint density at radius 1 is 1.20 bits per heavy atom. The third kappa shape index (κ3) is 3.55. The summed E-state index contributed by atoms with van der Waals surface area (Å²) in [5.41, 5.74) is 0.633. The van der Waals surface area contributed by atoms with Crippen molar-refractivity contribution in [2.75, 3.05) is 0 Å². The van der Waals surface area contributed by atoms with Gasteiger partial charge in [-0.1, -0.05) is 39.8 Å². The molecule has 0 radical (unpaired) electrons. The second-order valence-corrected chi connectivity index (χ2v) is 11.5. The Morgan fingerprint density at radius 2 is 1.70 bits per heavy atom. The van der Waals surface area contributed by atoms with Gasteiger partial charge in [-0.3, -0.25) is 14.9 Å². The molecule has 0 saturated carbocycles. The van der Waals surface area contributed by atoms with Crippen molar-refractivity contribution in [1.29, 1.82) is 0 Å². The first-order chi connectivity index (χ1) is 9.05. The van der Waals surface area contributed by atoms with Crippen LogP contribution in [-0.2, 0) is 4.79 Å². The summed E-state index contributed by atoms with van der Waals surface area (Å²) in [5.74, 6) is 5.50. The Morgan fingerprint density at radius 3 is 2.10 bits per heavy atom. The first-order valence-corrected chi connectivity index (χ1v) is 9.36. The molecule has 5 heteroatoms. The fourth-order valence-corrected chi connectivity index (χ4v) is 2.35. The van der Waals surface area contributed by atoms with Crippen LogP contribution in [0.2, 0.25) is 18.1 Å². The molecule has 0 heterocycles. The van der Waals surface area contributed by atoms with E-state index in [0.717, 1.165) is 0 Å². The lowest BCUT2D eigenvalue weighted by molar-refractivity contribution is -0.384. The van der Waals surface area contributed by atoms with Gasteiger partial charge >= 0.3 is 0 Å². The molecular formula is C15H19NO3Si. The van der Waals surface area contributed by atoms with Crippen molar-refractivity contribution >= 4 is 19.2 Å². The third-order valence-corrected chi connectivity index (χ3v) is 8.85. The number of nitrogens with zero attached hydrogens (tertiary/aromatic N) is 1. The Hall–Kier alpha value is -1.93. The Bertz CT molecular complexity index is 586. The van der Waals surface area contributed by atoms with E-state index in [2.05, 4.69) is 32.6 Å². The summed E-state index contributed by atoms with van der Waals surface area (Å²) < 4.78 is 0. The van der Waals surface area contributed by atoms with Gasteiger partial charge in [0.25, 0.3) is 5.69 Å². The van der Waals surface area contributed by atoms with Crippen LogP contribution < -0.4 is 0 Å². The molecule has 0 atom stereocenters. The lowest BCUT2D eigenvalue weighted by atomic mass is 10.2. The molecule has 1 aromatic rings. The van der Waals surface area contributed by atoms with Crippen LogP contribution in [0.1, 0.15) is 26.3 Å². The fourth-order valence-electron chi connectivity index (χ4n) is 1.29. The van der Waals surface area contributed by atoms with Gasteiger partial charge in [0, 0.05) is 17.7 Å². The van der Waals surface area contributed by atoms with Gasteiger partial charge in [0.1, 0.15) is 8.07 Å². The SMILES string of the molecule is CC(C)(C)[Si](C)(C)C(=O)C#Cc1ccc([N+](=O)[O-])cc1. The molecular weight excluding hydrogens is 270 g/mol. The molecule has 0 fully saturated rings. The number of non-ortho nitro benzene ring substituents is 1. The zero-order chi connectivity index (χ0) is 15.6. The van der Waals surface area contributed by atoms with Crippen LogP contribution in [0.3, 0.4) is 0 Å². The highest BCUT2D eigenvalue weighted by Gasteiger charge is 2.41. The summed E-state index contributed by atoms with van der Waals surface area (Å²) in [6, 6.07) is 5.90. The number of nitro groups is 1. The van der Waals surface area contributed by atoms with Crippen molar-refractivity contribution in [2.45, 2.75) is 38.9 Å². The number of nitro benzene ring substituents is 1. The fraction of sp³-hybridized carbons (Fsp3) is 0.400. The predicted molar refractivity (Wildman–Crippen MR) is 82.2 cm³/mol. The van der Waals surface area contributed by atoms with Gasteiger partial charge in [0.05, 0.1) is 4.92 Å². The van der Waals surface area contributed by atoms with Gasteiger partial charge in [0.15, 0.2) is 5.41 Å². The molecule has 106 valence electrons. The van der Waals surface area contributed by atoms with Crippen molar-refractivity contribution in [3.8, 4) is 11.8 Å². The highest BCUT2D eigenvalue weighted by Crippen LogP contribution is 2.36. The van der Waals surface area contributed by atoms with E-state index in [9.17, 15) is 14.9 Å². The van der Waals surface area contributed by atoms with Crippen LogP contribution in [0, 0.1) is 22.0 Å². The van der Waals surface area contributed by atoms with Gasteiger partial charge in [-0.2, -0.15) is 0 Å². The number of hydrogen-bond donors (Lipinski definition) is 0. The van der Waals surface area contributed by atoms with Gasteiger partial charge < -0.3 is 0 Å². The first-order valence-electron chi connectivity index (χ1n) is 6.36. The van der Waals surface area contributed by atoms with E-state index in [1.165, 1.54) is 12.1 Å². The maximum absolute atomic E-state index is 12.2. The molecule has 0 aliphatic rings. The summed E-state index contributed by atoms with van der Waals surface area (Å²) in [5, 5.41) is 10.5. The summed E-state index contributed by atoms with van der Waals surface area (Å²) in [4.78, 5) is 22.3. The second kappa shape index (κ2) is 5.59. The standard InChI is InChI=1S/C15H19NO3Si/c1-15(2,3)20(4,5)14(17)11-8-12-6-9-13(10-7-12)16(18)19/h6-7,9-10H,1-5H3. The van der Waals surface area contributed by atoms with Gasteiger partial charge in [-0.25, -0.2) is 0 Å². The average Bonchev–Trinajstić information content (AvgIpc) is 2.34. The van der Waals surface area contributed by atoms with E-state index in [0.29, 0.717) is 5.56 Å². The largest absolute Gasteiger partial charge is 0.291 e. The van der Waals surface area contributed by atoms with E-state index in [1.54, 1.807) is 12.1 Å². The van der Waals surface area contributed by atoms with Gasteiger partial charge in [0.2, 0.25) is 0 Å². The molecule has 0 aliphatic carbocycles. The zero-order valence-corrected chi connectivity index (χ0v) is 13.5. The highest BCUT2D eigenvalue weighted by atomic mass is 28.3. The number of benzene rings is 1. The second-order valence-electron chi connectivity index (χ2n) is 6.26. The lowest BCUT2D eigenvalue weighted by Gasteiger charge is -2.33. The van der Waals surface area contributed by atoms with Crippen LogP contribution in [-0.4, -0.2) is 18.4 Å². The lowest BCUT2D eigenvalue weighted by Crippen LogP contribution is -2.45. The molecule has 0 N–H and O–H groups in total. The molecule has 4 nitrogen and oxygen atoms in total. The minimum Gasteiger partial charge on any atom is -0.291 e. The summed E-state index contributed by atoms with van der Waals surface area (Å²) in [6.45, 7) is 10.2. The van der Waals surface area contributed by atoms with Crippen molar-refractivity contribution in [3.63, 3.8) is 0 Å². The quantitative estimate of drug-likeness (QED) is 0.362.